The van der Waals surface area contributed by atoms with Crippen LogP contribution in [0.15, 0.2) is 18.5 Å². The zero-order valence-electron chi connectivity index (χ0n) is 11.0. The van der Waals surface area contributed by atoms with E-state index >= 15 is 0 Å². The van der Waals surface area contributed by atoms with E-state index in [0.29, 0.717) is 11.7 Å². The summed E-state index contributed by atoms with van der Waals surface area (Å²) >= 11 is 7.51. The molecule has 0 atom stereocenters. The Hall–Kier alpha value is -1.33. The molecule has 0 saturated heterocycles. The summed E-state index contributed by atoms with van der Waals surface area (Å²) < 4.78 is 0.823. The summed E-state index contributed by atoms with van der Waals surface area (Å²) in [5.74, 6) is 1.66. The van der Waals surface area contributed by atoms with Crippen molar-refractivity contribution in [3.8, 4) is 0 Å². The number of nitrogens with one attached hydrogen (secondary N) is 1. The molecule has 102 valence electrons. The predicted octanol–water partition coefficient (Wildman–Crippen LogP) is 3.55. The molecule has 0 aliphatic carbocycles. The first-order chi connectivity index (χ1) is 9.08. The molecule has 2 aromatic rings. The van der Waals surface area contributed by atoms with E-state index in [1.165, 1.54) is 11.2 Å². The molecule has 2 aromatic heterocycles. The van der Waals surface area contributed by atoms with E-state index in [1.807, 2.05) is 12.1 Å². The van der Waals surface area contributed by atoms with E-state index in [4.69, 9.17) is 17.3 Å². The highest BCUT2D eigenvalue weighted by molar-refractivity contribution is 7.16. The Bertz CT molecular complexity index is 553. The Kier molecular flexibility index (Phi) is 4.61. The van der Waals surface area contributed by atoms with Crippen molar-refractivity contribution >= 4 is 34.6 Å². The number of aromatic nitrogens is 2. The molecule has 4 nitrogen and oxygen atoms in total. The third kappa shape index (κ3) is 3.58. The molecule has 0 aliphatic rings. The van der Waals surface area contributed by atoms with Crippen LogP contribution in [0.4, 0.5) is 11.6 Å². The van der Waals surface area contributed by atoms with Gasteiger partial charge in [0.25, 0.3) is 0 Å². The minimum Gasteiger partial charge on any atom is -0.383 e. The highest BCUT2D eigenvalue weighted by Gasteiger charge is 2.12. The maximum Gasteiger partial charge on any atom is 0.134 e. The number of thiophene rings is 1. The van der Waals surface area contributed by atoms with Gasteiger partial charge in [-0.1, -0.05) is 25.4 Å². The largest absolute Gasteiger partial charge is 0.383 e. The van der Waals surface area contributed by atoms with Crippen LogP contribution in [0.1, 0.15) is 30.2 Å². The fraction of sp³-hybridized carbons (Fsp3) is 0.385. The summed E-state index contributed by atoms with van der Waals surface area (Å²) in [5, 5.41) is 3.33. The predicted molar refractivity (Wildman–Crippen MR) is 82.1 cm³/mol. The van der Waals surface area contributed by atoms with Crippen molar-refractivity contribution in [2.24, 2.45) is 0 Å². The first-order valence-electron chi connectivity index (χ1n) is 6.16. The van der Waals surface area contributed by atoms with E-state index in [9.17, 15) is 0 Å². The van der Waals surface area contributed by atoms with Crippen LogP contribution in [0.3, 0.4) is 0 Å². The third-order valence-corrected chi connectivity index (χ3v) is 4.08. The van der Waals surface area contributed by atoms with Gasteiger partial charge in [-0.3, -0.25) is 0 Å². The van der Waals surface area contributed by atoms with E-state index < -0.39 is 0 Å². The Morgan fingerprint density at radius 1 is 1.37 bits per heavy atom. The standard InChI is InChI=1S/C13H17ClN4S/c1-8(2)11-12(15)17-7-18-13(11)16-6-5-9-3-4-10(14)19-9/h3-4,7-8H,5-6H2,1-2H3,(H3,15,16,17,18). The molecule has 6 heteroatoms. The highest BCUT2D eigenvalue weighted by Crippen LogP contribution is 2.26. The van der Waals surface area contributed by atoms with Gasteiger partial charge in [-0.05, 0) is 24.5 Å². The van der Waals surface area contributed by atoms with Gasteiger partial charge in [0.05, 0.1) is 4.34 Å². The van der Waals surface area contributed by atoms with Crippen LogP contribution in [0, 0.1) is 0 Å². The van der Waals surface area contributed by atoms with Crippen LogP contribution in [-0.2, 0) is 6.42 Å². The van der Waals surface area contributed by atoms with Crippen molar-refractivity contribution < 1.29 is 0 Å². The molecule has 19 heavy (non-hydrogen) atoms. The smallest absolute Gasteiger partial charge is 0.134 e. The molecule has 0 unspecified atom stereocenters. The summed E-state index contributed by atoms with van der Waals surface area (Å²) in [4.78, 5) is 9.57. The zero-order valence-corrected chi connectivity index (χ0v) is 12.6. The number of nitrogen functional groups attached to an aromatic ring is 1. The van der Waals surface area contributed by atoms with Gasteiger partial charge >= 0.3 is 0 Å². The normalized spacial score (nSPS) is 10.9. The van der Waals surface area contributed by atoms with Gasteiger partial charge in [-0.2, -0.15) is 0 Å². The molecular formula is C13H17ClN4S. The number of halogens is 1. The van der Waals surface area contributed by atoms with Gasteiger partial charge in [0.15, 0.2) is 0 Å². The molecule has 0 spiro atoms. The summed E-state index contributed by atoms with van der Waals surface area (Å²) in [6.45, 7) is 4.96. The topological polar surface area (TPSA) is 63.8 Å². The van der Waals surface area contributed by atoms with E-state index in [0.717, 1.165) is 28.7 Å². The van der Waals surface area contributed by atoms with E-state index in [2.05, 4.69) is 29.1 Å². The van der Waals surface area contributed by atoms with Gasteiger partial charge in [-0.25, -0.2) is 9.97 Å². The fourth-order valence-corrected chi connectivity index (χ4v) is 3.00. The number of anilines is 2. The molecular weight excluding hydrogens is 280 g/mol. The third-order valence-electron chi connectivity index (χ3n) is 2.78. The lowest BCUT2D eigenvalue weighted by molar-refractivity contribution is 0.848. The molecule has 0 bridgehead atoms. The van der Waals surface area contributed by atoms with Crippen LogP contribution in [0.2, 0.25) is 4.34 Å². The Balaban J connectivity index is 2.01. The highest BCUT2D eigenvalue weighted by atomic mass is 35.5. The van der Waals surface area contributed by atoms with Crippen LogP contribution < -0.4 is 11.1 Å². The SMILES string of the molecule is CC(C)c1c(N)ncnc1NCCc1ccc(Cl)s1. The first kappa shape index (κ1) is 14.1. The summed E-state index contributed by atoms with van der Waals surface area (Å²) in [6, 6.07) is 3.97. The average Bonchev–Trinajstić information content (AvgIpc) is 2.74. The van der Waals surface area contributed by atoms with Gasteiger partial charge in [0, 0.05) is 17.0 Å². The second-order valence-corrected chi connectivity index (χ2v) is 6.36. The average molecular weight is 297 g/mol. The maximum atomic E-state index is 5.90. The lowest BCUT2D eigenvalue weighted by atomic mass is 10.0. The van der Waals surface area contributed by atoms with Gasteiger partial charge in [0.2, 0.25) is 0 Å². The van der Waals surface area contributed by atoms with Gasteiger partial charge in [0.1, 0.15) is 18.0 Å². The van der Waals surface area contributed by atoms with E-state index in [-0.39, 0.29) is 0 Å². The summed E-state index contributed by atoms with van der Waals surface area (Å²) in [7, 11) is 0. The molecule has 0 aliphatic heterocycles. The monoisotopic (exact) mass is 296 g/mol. The number of nitrogens with two attached hydrogens (primary N) is 1. The molecule has 0 radical (unpaired) electrons. The lowest BCUT2D eigenvalue weighted by Gasteiger charge is -2.14. The van der Waals surface area contributed by atoms with Crippen molar-refractivity contribution in [2.45, 2.75) is 26.2 Å². The number of hydrogen-bond acceptors (Lipinski definition) is 5. The first-order valence-corrected chi connectivity index (χ1v) is 7.36. The maximum absolute atomic E-state index is 5.90. The molecule has 0 amide bonds. The molecule has 0 aromatic carbocycles. The van der Waals surface area contributed by atoms with Crippen LogP contribution in [0.5, 0.6) is 0 Å². The quantitative estimate of drug-likeness (QED) is 0.885. The number of hydrogen-bond donors (Lipinski definition) is 2. The van der Waals surface area contributed by atoms with Crippen molar-refractivity contribution in [3.05, 3.63) is 33.2 Å². The van der Waals surface area contributed by atoms with Crippen LogP contribution >= 0.6 is 22.9 Å². The Morgan fingerprint density at radius 2 is 2.16 bits per heavy atom. The molecule has 3 N–H and O–H groups in total. The lowest BCUT2D eigenvalue weighted by Crippen LogP contribution is -2.11. The summed E-state index contributed by atoms with van der Waals surface area (Å²) in [5.41, 5.74) is 6.88. The molecule has 0 saturated carbocycles. The molecule has 2 heterocycles. The van der Waals surface area contributed by atoms with Crippen molar-refractivity contribution in [1.29, 1.82) is 0 Å². The minimum atomic E-state index is 0.292. The Morgan fingerprint density at radius 3 is 2.79 bits per heavy atom. The molecule has 0 fully saturated rings. The van der Waals surface area contributed by atoms with Gasteiger partial charge in [-0.15, -0.1) is 11.3 Å². The summed E-state index contributed by atoms with van der Waals surface area (Å²) in [6.07, 6.45) is 2.41. The van der Waals surface area contributed by atoms with Crippen LogP contribution in [0.25, 0.3) is 0 Å². The van der Waals surface area contributed by atoms with Crippen LogP contribution in [-0.4, -0.2) is 16.5 Å². The molecule has 2 rings (SSSR count). The number of nitrogens with zero attached hydrogens (tertiary/aromatic N) is 2. The minimum absolute atomic E-state index is 0.292. The second-order valence-electron chi connectivity index (χ2n) is 4.56. The second kappa shape index (κ2) is 6.21. The fourth-order valence-electron chi connectivity index (χ4n) is 1.91. The zero-order chi connectivity index (χ0) is 13.8. The number of rotatable bonds is 5. The van der Waals surface area contributed by atoms with Crippen molar-refractivity contribution in [3.63, 3.8) is 0 Å². The van der Waals surface area contributed by atoms with Crippen molar-refractivity contribution in [2.75, 3.05) is 17.6 Å². The van der Waals surface area contributed by atoms with Gasteiger partial charge < -0.3 is 11.1 Å². The van der Waals surface area contributed by atoms with Crippen molar-refractivity contribution in [1.82, 2.24) is 9.97 Å². The Labute approximate surface area is 122 Å². The van der Waals surface area contributed by atoms with E-state index in [1.54, 1.807) is 11.3 Å².